The second kappa shape index (κ2) is 6.72. The number of sulfonamides is 1. The van der Waals surface area contributed by atoms with Crippen LogP contribution < -0.4 is 0 Å². The molecule has 0 aromatic heterocycles. The summed E-state index contributed by atoms with van der Waals surface area (Å²) in [6.07, 6.45) is 1.17. The van der Waals surface area contributed by atoms with Crippen molar-refractivity contribution in [2.24, 2.45) is 0 Å². The standard InChI is InChI=1S/C14H19FN2O4S/c1-21-14(18)13(11-3-5-12(15)6-4-11)16-7-9-17(10-8-16)22(2,19)20/h3-6,13H,7-10H2,1-2H3. The minimum absolute atomic E-state index is 0.313. The number of carbonyl (C=O) groups is 1. The van der Waals surface area contributed by atoms with Crippen molar-refractivity contribution in [3.05, 3.63) is 35.6 Å². The van der Waals surface area contributed by atoms with Gasteiger partial charge in [0.2, 0.25) is 10.0 Å². The Morgan fingerprint density at radius 3 is 2.18 bits per heavy atom. The zero-order valence-corrected chi connectivity index (χ0v) is 13.3. The maximum Gasteiger partial charge on any atom is 0.327 e. The van der Waals surface area contributed by atoms with E-state index < -0.39 is 22.0 Å². The van der Waals surface area contributed by atoms with Crippen LogP contribution in [0.3, 0.4) is 0 Å². The molecule has 0 saturated carbocycles. The van der Waals surface area contributed by atoms with E-state index in [2.05, 4.69) is 0 Å². The molecule has 1 saturated heterocycles. The van der Waals surface area contributed by atoms with Crippen LogP contribution >= 0.6 is 0 Å². The van der Waals surface area contributed by atoms with Crippen molar-refractivity contribution in [2.45, 2.75) is 6.04 Å². The molecule has 1 aliphatic heterocycles. The highest BCUT2D eigenvalue weighted by molar-refractivity contribution is 7.88. The van der Waals surface area contributed by atoms with E-state index in [1.807, 2.05) is 4.90 Å². The summed E-state index contributed by atoms with van der Waals surface area (Å²) < 4.78 is 42.3. The molecule has 0 amide bonds. The van der Waals surface area contributed by atoms with E-state index in [0.717, 1.165) is 0 Å². The van der Waals surface area contributed by atoms with Gasteiger partial charge in [-0.15, -0.1) is 0 Å². The van der Waals surface area contributed by atoms with Gasteiger partial charge in [0.25, 0.3) is 0 Å². The number of methoxy groups -OCH3 is 1. The monoisotopic (exact) mass is 330 g/mol. The number of ether oxygens (including phenoxy) is 1. The molecule has 1 unspecified atom stereocenters. The van der Waals surface area contributed by atoms with Crippen LogP contribution in [0.25, 0.3) is 0 Å². The lowest BCUT2D eigenvalue weighted by atomic mass is 10.0. The molecule has 22 heavy (non-hydrogen) atoms. The van der Waals surface area contributed by atoms with Gasteiger partial charge >= 0.3 is 5.97 Å². The van der Waals surface area contributed by atoms with E-state index in [0.29, 0.717) is 31.7 Å². The van der Waals surface area contributed by atoms with Crippen molar-refractivity contribution in [1.29, 1.82) is 0 Å². The summed E-state index contributed by atoms with van der Waals surface area (Å²) in [6.45, 7) is 1.44. The second-order valence-corrected chi connectivity index (χ2v) is 7.16. The Kier molecular flexibility index (Phi) is 5.15. The van der Waals surface area contributed by atoms with Crippen molar-refractivity contribution in [1.82, 2.24) is 9.21 Å². The van der Waals surface area contributed by atoms with Crippen molar-refractivity contribution >= 4 is 16.0 Å². The number of nitrogens with zero attached hydrogens (tertiary/aromatic N) is 2. The zero-order valence-electron chi connectivity index (χ0n) is 12.5. The molecule has 0 radical (unpaired) electrons. The van der Waals surface area contributed by atoms with Crippen molar-refractivity contribution in [3.63, 3.8) is 0 Å². The van der Waals surface area contributed by atoms with Crippen LogP contribution in [0.15, 0.2) is 24.3 Å². The van der Waals surface area contributed by atoms with Crippen LogP contribution in [0.2, 0.25) is 0 Å². The third-order valence-corrected chi connectivity index (χ3v) is 5.02. The van der Waals surface area contributed by atoms with E-state index in [9.17, 15) is 17.6 Å². The van der Waals surface area contributed by atoms with Crippen molar-refractivity contribution in [2.75, 3.05) is 39.5 Å². The smallest absolute Gasteiger partial charge is 0.327 e. The quantitative estimate of drug-likeness (QED) is 0.757. The van der Waals surface area contributed by atoms with Gasteiger partial charge < -0.3 is 4.74 Å². The third-order valence-electron chi connectivity index (χ3n) is 3.72. The van der Waals surface area contributed by atoms with Gasteiger partial charge in [-0.25, -0.2) is 17.6 Å². The second-order valence-electron chi connectivity index (χ2n) is 5.18. The number of esters is 1. The molecule has 122 valence electrons. The molecule has 0 spiro atoms. The van der Waals surface area contributed by atoms with Crippen molar-refractivity contribution in [3.8, 4) is 0 Å². The fourth-order valence-corrected chi connectivity index (χ4v) is 3.37. The Morgan fingerprint density at radius 2 is 1.73 bits per heavy atom. The van der Waals surface area contributed by atoms with Crippen LogP contribution in [0.4, 0.5) is 4.39 Å². The summed E-state index contributed by atoms with van der Waals surface area (Å²) >= 11 is 0. The summed E-state index contributed by atoms with van der Waals surface area (Å²) in [7, 11) is -1.93. The van der Waals surface area contributed by atoms with E-state index in [4.69, 9.17) is 4.74 Å². The van der Waals surface area contributed by atoms with Gasteiger partial charge in [0.1, 0.15) is 11.9 Å². The molecule has 0 bridgehead atoms. The molecule has 8 heteroatoms. The number of piperazine rings is 1. The largest absolute Gasteiger partial charge is 0.468 e. The first-order valence-electron chi connectivity index (χ1n) is 6.85. The Morgan fingerprint density at radius 1 is 1.18 bits per heavy atom. The third kappa shape index (κ3) is 3.82. The highest BCUT2D eigenvalue weighted by Crippen LogP contribution is 2.24. The summed E-state index contributed by atoms with van der Waals surface area (Å²) in [6, 6.07) is 5.00. The lowest BCUT2D eigenvalue weighted by Crippen LogP contribution is -2.50. The molecular weight excluding hydrogens is 311 g/mol. The van der Waals surface area contributed by atoms with Gasteiger partial charge in [-0.2, -0.15) is 4.31 Å². The highest BCUT2D eigenvalue weighted by atomic mass is 32.2. The van der Waals surface area contributed by atoms with Crippen LogP contribution in [-0.4, -0.2) is 63.1 Å². The molecule has 1 atom stereocenters. The fourth-order valence-electron chi connectivity index (χ4n) is 2.55. The van der Waals surface area contributed by atoms with E-state index in [1.165, 1.54) is 29.8 Å². The van der Waals surface area contributed by atoms with Gasteiger partial charge in [0, 0.05) is 26.2 Å². The number of rotatable bonds is 4. The maximum absolute atomic E-state index is 13.1. The normalized spacial score (nSPS) is 18.9. The minimum Gasteiger partial charge on any atom is -0.468 e. The fraction of sp³-hybridized carbons (Fsp3) is 0.500. The first kappa shape index (κ1) is 16.9. The molecule has 0 N–H and O–H groups in total. The highest BCUT2D eigenvalue weighted by Gasteiger charge is 2.33. The summed E-state index contributed by atoms with van der Waals surface area (Å²) in [4.78, 5) is 13.9. The van der Waals surface area contributed by atoms with Gasteiger partial charge in [-0.3, -0.25) is 4.90 Å². The van der Waals surface area contributed by atoms with Gasteiger partial charge in [0.05, 0.1) is 13.4 Å². The molecule has 1 aromatic rings. The van der Waals surface area contributed by atoms with Crippen LogP contribution in [0.5, 0.6) is 0 Å². The molecular formula is C14H19FN2O4S. The molecule has 6 nitrogen and oxygen atoms in total. The first-order valence-corrected chi connectivity index (χ1v) is 8.70. The van der Waals surface area contributed by atoms with E-state index in [1.54, 1.807) is 12.1 Å². The molecule has 1 aliphatic rings. The molecule has 2 rings (SSSR count). The summed E-state index contributed by atoms with van der Waals surface area (Å²) in [5, 5.41) is 0. The number of carbonyl (C=O) groups excluding carboxylic acids is 1. The Balaban J connectivity index is 2.18. The number of hydrogen-bond donors (Lipinski definition) is 0. The zero-order chi connectivity index (χ0) is 16.3. The minimum atomic E-state index is -3.23. The number of benzene rings is 1. The summed E-state index contributed by atoms with van der Waals surface area (Å²) in [5.74, 6) is -0.825. The first-order chi connectivity index (χ1) is 10.3. The molecule has 0 aliphatic carbocycles. The van der Waals surface area contributed by atoms with E-state index in [-0.39, 0.29) is 5.82 Å². The number of hydrogen-bond acceptors (Lipinski definition) is 5. The van der Waals surface area contributed by atoms with Crippen molar-refractivity contribution < 1.29 is 22.3 Å². The average Bonchev–Trinajstić information content (AvgIpc) is 2.49. The Bertz CT molecular complexity index is 625. The average molecular weight is 330 g/mol. The molecule has 1 aromatic carbocycles. The van der Waals surface area contributed by atoms with Crippen LogP contribution in [0, 0.1) is 5.82 Å². The lowest BCUT2D eigenvalue weighted by molar-refractivity contribution is -0.147. The van der Waals surface area contributed by atoms with E-state index >= 15 is 0 Å². The lowest BCUT2D eigenvalue weighted by Gasteiger charge is -2.37. The topological polar surface area (TPSA) is 66.9 Å². The SMILES string of the molecule is COC(=O)C(c1ccc(F)cc1)N1CCN(S(C)(=O)=O)CC1. The predicted molar refractivity (Wildman–Crippen MR) is 79.1 cm³/mol. The number of halogens is 1. The molecule has 1 fully saturated rings. The van der Waals surface area contributed by atoms with Gasteiger partial charge in [-0.05, 0) is 17.7 Å². The Hall–Kier alpha value is -1.51. The predicted octanol–water partition coefficient (Wildman–Crippen LogP) is 0.617. The van der Waals surface area contributed by atoms with Gasteiger partial charge in [0.15, 0.2) is 0 Å². The van der Waals surface area contributed by atoms with Crippen LogP contribution in [-0.2, 0) is 19.6 Å². The maximum atomic E-state index is 13.1. The molecule has 1 heterocycles. The summed E-state index contributed by atoms with van der Waals surface area (Å²) in [5.41, 5.74) is 0.626. The van der Waals surface area contributed by atoms with Crippen LogP contribution in [0.1, 0.15) is 11.6 Å². The Labute approximate surface area is 129 Å². The van der Waals surface area contributed by atoms with Gasteiger partial charge in [-0.1, -0.05) is 12.1 Å².